The molecular weight excluding hydrogens is 457 g/mol. The van der Waals surface area contributed by atoms with Gasteiger partial charge < -0.3 is 20.1 Å². The van der Waals surface area contributed by atoms with Crippen LogP contribution in [0, 0.1) is 5.92 Å². The summed E-state index contributed by atoms with van der Waals surface area (Å²) in [5, 5.41) is 5.74. The lowest BCUT2D eigenvalue weighted by molar-refractivity contribution is -0.137. The molecule has 1 aliphatic carbocycles. The molecular formula is C26H29F3N4O2. The molecule has 1 saturated carbocycles. The fourth-order valence-corrected chi connectivity index (χ4v) is 3.75. The molecule has 6 nitrogen and oxygen atoms in total. The van der Waals surface area contributed by atoms with Gasteiger partial charge in [0, 0.05) is 23.6 Å². The van der Waals surface area contributed by atoms with E-state index in [1.165, 1.54) is 12.8 Å². The van der Waals surface area contributed by atoms with E-state index in [1.54, 1.807) is 36.4 Å². The Balaban J connectivity index is 1.50. The number of ether oxygens (including phenoxy) is 2. The lowest BCUT2D eigenvalue weighted by Gasteiger charge is -2.16. The third-order valence-corrected chi connectivity index (χ3v) is 5.49. The average molecular weight is 487 g/mol. The Bertz CT molecular complexity index is 1110. The van der Waals surface area contributed by atoms with Gasteiger partial charge in [-0.25, -0.2) is 4.98 Å². The van der Waals surface area contributed by atoms with Crippen molar-refractivity contribution in [3.05, 3.63) is 60.3 Å². The van der Waals surface area contributed by atoms with E-state index in [0.717, 1.165) is 24.8 Å². The highest BCUT2D eigenvalue weighted by Crippen LogP contribution is 2.36. The molecule has 0 atom stereocenters. The first-order valence-corrected chi connectivity index (χ1v) is 11.7. The molecule has 3 aromatic rings. The molecule has 0 amide bonds. The fraction of sp³-hybridized carbons (Fsp3) is 0.385. The van der Waals surface area contributed by atoms with E-state index in [1.807, 2.05) is 26.0 Å². The number of anilines is 4. The lowest BCUT2D eigenvalue weighted by Crippen LogP contribution is -2.13. The van der Waals surface area contributed by atoms with Crippen molar-refractivity contribution in [2.45, 2.75) is 51.8 Å². The highest BCUT2D eigenvalue weighted by Gasteiger charge is 2.35. The highest BCUT2D eigenvalue weighted by atomic mass is 19.4. The van der Waals surface area contributed by atoms with Gasteiger partial charge in [-0.3, -0.25) is 0 Å². The minimum atomic E-state index is -4.62. The normalized spacial score (nSPS) is 14.2. The Morgan fingerprint density at radius 2 is 1.71 bits per heavy atom. The number of nitrogens with zero attached hydrogens (tertiary/aromatic N) is 2. The maximum Gasteiger partial charge on any atom is 0.421 e. The molecule has 4 rings (SSSR count). The molecule has 1 aromatic heterocycles. The molecule has 0 unspecified atom stereocenters. The van der Waals surface area contributed by atoms with Gasteiger partial charge in [0.25, 0.3) is 0 Å². The smallest absolute Gasteiger partial charge is 0.421 e. The monoisotopic (exact) mass is 486 g/mol. The van der Waals surface area contributed by atoms with E-state index in [9.17, 15) is 13.2 Å². The molecule has 0 saturated heterocycles. The summed E-state index contributed by atoms with van der Waals surface area (Å²) in [6.45, 7) is 4.54. The quantitative estimate of drug-likeness (QED) is 0.330. The maximum absolute atomic E-state index is 13.6. The molecule has 1 aliphatic rings. The average Bonchev–Trinajstić information content (AvgIpc) is 3.32. The molecule has 2 aromatic carbocycles. The van der Waals surface area contributed by atoms with Gasteiger partial charge >= 0.3 is 6.18 Å². The van der Waals surface area contributed by atoms with Crippen molar-refractivity contribution in [3.63, 3.8) is 0 Å². The predicted octanol–water partition coefficient (Wildman–Crippen LogP) is 7.34. The third-order valence-electron chi connectivity index (χ3n) is 5.49. The van der Waals surface area contributed by atoms with Crippen LogP contribution >= 0.6 is 0 Å². The second kappa shape index (κ2) is 10.8. The van der Waals surface area contributed by atoms with Crippen LogP contribution in [0.25, 0.3) is 0 Å². The summed E-state index contributed by atoms with van der Waals surface area (Å²) in [5.74, 6) is 1.33. The Hall–Kier alpha value is -3.49. The first-order chi connectivity index (χ1) is 16.8. The summed E-state index contributed by atoms with van der Waals surface area (Å²) >= 11 is 0. The van der Waals surface area contributed by atoms with Crippen molar-refractivity contribution in [2.75, 3.05) is 17.2 Å². The van der Waals surface area contributed by atoms with E-state index in [4.69, 9.17) is 9.47 Å². The summed E-state index contributed by atoms with van der Waals surface area (Å²) in [7, 11) is 0. The molecule has 2 N–H and O–H groups in total. The molecule has 9 heteroatoms. The summed E-state index contributed by atoms with van der Waals surface area (Å²) in [5.41, 5.74) is 0.102. The Labute approximate surface area is 202 Å². The van der Waals surface area contributed by atoms with Crippen LogP contribution in [0.1, 0.15) is 45.1 Å². The lowest BCUT2D eigenvalue weighted by atomic mass is 10.2. The number of hydrogen-bond donors (Lipinski definition) is 2. The Morgan fingerprint density at radius 1 is 0.971 bits per heavy atom. The second-order valence-electron chi connectivity index (χ2n) is 8.99. The number of hydrogen-bond acceptors (Lipinski definition) is 6. The number of nitrogens with one attached hydrogen (secondary N) is 2. The van der Waals surface area contributed by atoms with E-state index in [2.05, 4.69) is 20.6 Å². The first-order valence-electron chi connectivity index (χ1n) is 11.7. The number of rotatable bonds is 9. The van der Waals surface area contributed by atoms with E-state index < -0.39 is 11.7 Å². The summed E-state index contributed by atoms with van der Waals surface area (Å²) < 4.78 is 52.5. The van der Waals surface area contributed by atoms with Gasteiger partial charge in [-0.1, -0.05) is 19.9 Å². The first kappa shape index (κ1) is 24.6. The van der Waals surface area contributed by atoms with Gasteiger partial charge in [0.05, 0.1) is 12.7 Å². The number of alkyl halides is 3. The van der Waals surface area contributed by atoms with E-state index in [0.29, 0.717) is 29.6 Å². The van der Waals surface area contributed by atoms with Crippen molar-refractivity contribution in [2.24, 2.45) is 5.92 Å². The van der Waals surface area contributed by atoms with Gasteiger partial charge in [-0.2, -0.15) is 18.2 Å². The maximum atomic E-state index is 13.6. The van der Waals surface area contributed by atoms with Gasteiger partial charge in [0.1, 0.15) is 22.9 Å². The molecule has 0 bridgehead atoms. The second-order valence-corrected chi connectivity index (χ2v) is 8.99. The molecule has 186 valence electrons. The molecule has 1 fully saturated rings. The van der Waals surface area contributed by atoms with Crippen molar-refractivity contribution in [3.8, 4) is 11.5 Å². The zero-order chi connectivity index (χ0) is 24.8. The molecule has 1 heterocycles. The standard InChI is InChI=1S/C26H29F3N4O2/c1-17(2)16-34-22-9-5-6-19(14-22)31-24-23(26(27,28)29)15-30-25(33-24)32-18-10-12-21(13-11-18)35-20-7-3-4-8-20/h5-6,9-15,17,20H,3-4,7-8,16H2,1-2H3,(H2,30,31,32,33). The summed E-state index contributed by atoms with van der Waals surface area (Å²) in [4.78, 5) is 7.99. The minimum absolute atomic E-state index is 0.0390. The number of halogens is 3. The Morgan fingerprint density at radius 3 is 2.40 bits per heavy atom. The van der Waals surface area contributed by atoms with Crippen LogP contribution in [0.4, 0.5) is 36.3 Å². The van der Waals surface area contributed by atoms with Crippen molar-refractivity contribution in [1.29, 1.82) is 0 Å². The van der Waals surface area contributed by atoms with Crippen LogP contribution in [0.15, 0.2) is 54.7 Å². The van der Waals surface area contributed by atoms with Crippen LogP contribution in [-0.2, 0) is 6.18 Å². The molecule has 35 heavy (non-hydrogen) atoms. The van der Waals surface area contributed by atoms with Crippen molar-refractivity contribution in [1.82, 2.24) is 9.97 Å². The van der Waals surface area contributed by atoms with Crippen molar-refractivity contribution < 1.29 is 22.6 Å². The third kappa shape index (κ3) is 7.00. The largest absolute Gasteiger partial charge is 0.493 e. The van der Waals surface area contributed by atoms with Crippen LogP contribution in [-0.4, -0.2) is 22.7 Å². The molecule has 0 aliphatic heterocycles. The topological polar surface area (TPSA) is 68.3 Å². The summed E-state index contributed by atoms with van der Waals surface area (Å²) in [6, 6.07) is 14.0. The predicted molar refractivity (Wildman–Crippen MR) is 130 cm³/mol. The van der Waals surface area contributed by atoms with Crippen LogP contribution < -0.4 is 20.1 Å². The zero-order valence-corrected chi connectivity index (χ0v) is 19.7. The van der Waals surface area contributed by atoms with Crippen molar-refractivity contribution >= 4 is 23.1 Å². The zero-order valence-electron chi connectivity index (χ0n) is 19.7. The van der Waals surface area contributed by atoms with E-state index in [-0.39, 0.29) is 17.9 Å². The minimum Gasteiger partial charge on any atom is -0.493 e. The Kier molecular flexibility index (Phi) is 7.63. The highest BCUT2D eigenvalue weighted by molar-refractivity contribution is 5.64. The number of benzene rings is 2. The fourth-order valence-electron chi connectivity index (χ4n) is 3.75. The summed E-state index contributed by atoms with van der Waals surface area (Å²) in [6.07, 6.45) is 0.877. The van der Waals surface area contributed by atoms with Gasteiger partial charge in [-0.05, 0) is 68.0 Å². The van der Waals surface area contributed by atoms with Gasteiger partial charge in [0.2, 0.25) is 5.95 Å². The number of aromatic nitrogens is 2. The van der Waals surface area contributed by atoms with Crippen LogP contribution in [0.2, 0.25) is 0 Å². The van der Waals surface area contributed by atoms with Gasteiger partial charge in [-0.15, -0.1) is 0 Å². The molecule has 0 radical (unpaired) electrons. The SMILES string of the molecule is CC(C)COc1cccc(Nc2nc(Nc3ccc(OC4CCCC4)cc3)ncc2C(F)(F)F)c1. The van der Waals surface area contributed by atoms with Crippen LogP contribution in [0.5, 0.6) is 11.5 Å². The molecule has 0 spiro atoms. The van der Waals surface area contributed by atoms with E-state index >= 15 is 0 Å². The van der Waals surface area contributed by atoms with Gasteiger partial charge in [0.15, 0.2) is 0 Å². The van der Waals surface area contributed by atoms with Crippen LogP contribution in [0.3, 0.4) is 0 Å².